The number of amides is 1. The van der Waals surface area contributed by atoms with E-state index in [1.807, 2.05) is 56.3 Å². The Morgan fingerprint density at radius 3 is 2.44 bits per heavy atom. The zero-order valence-electron chi connectivity index (χ0n) is 18.9. The third kappa shape index (κ3) is 4.99. The standard InChI is InChI=1S/C27H28N2O3/c1-5-19(4)21-8-11-25-24(15-21)29-27(32-25)20-6-9-22(10-7-20)28-26(30)16-31-23-13-17(2)12-18(3)14-23/h6-15,19H,5,16H2,1-4H3,(H,28,30)/t19-/m0/s1. The molecule has 164 valence electrons. The van der Waals surface area contributed by atoms with Gasteiger partial charge in [0, 0.05) is 11.3 Å². The molecule has 0 radical (unpaired) electrons. The smallest absolute Gasteiger partial charge is 0.262 e. The predicted molar refractivity (Wildman–Crippen MR) is 128 cm³/mol. The van der Waals surface area contributed by atoms with Gasteiger partial charge in [0.15, 0.2) is 12.2 Å². The normalized spacial score (nSPS) is 12.0. The predicted octanol–water partition coefficient (Wildman–Crippen LogP) is 6.64. The van der Waals surface area contributed by atoms with Gasteiger partial charge in [0.05, 0.1) is 0 Å². The largest absolute Gasteiger partial charge is 0.484 e. The Balaban J connectivity index is 1.40. The van der Waals surface area contributed by atoms with Crippen molar-refractivity contribution in [2.75, 3.05) is 11.9 Å². The van der Waals surface area contributed by atoms with Crippen LogP contribution in [0.3, 0.4) is 0 Å². The molecule has 0 bridgehead atoms. The van der Waals surface area contributed by atoms with E-state index < -0.39 is 0 Å². The van der Waals surface area contributed by atoms with Crippen molar-refractivity contribution in [3.63, 3.8) is 0 Å². The van der Waals surface area contributed by atoms with Crippen molar-refractivity contribution in [1.29, 1.82) is 0 Å². The molecule has 0 spiro atoms. The molecule has 4 rings (SSSR count). The molecular formula is C27H28N2O3. The Labute approximate surface area is 188 Å². The van der Waals surface area contributed by atoms with Gasteiger partial charge >= 0.3 is 0 Å². The maximum atomic E-state index is 12.3. The van der Waals surface area contributed by atoms with Crippen LogP contribution in [0.2, 0.25) is 0 Å². The Hall–Kier alpha value is -3.60. The van der Waals surface area contributed by atoms with E-state index >= 15 is 0 Å². The highest BCUT2D eigenvalue weighted by Crippen LogP contribution is 2.28. The first-order chi connectivity index (χ1) is 15.4. The van der Waals surface area contributed by atoms with Gasteiger partial charge in [0.2, 0.25) is 5.89 Å². The van der Waals surface area contributed by atoms with Gasteiger partial charge in [0.1, 0.15) is 11.3 Å². The van der Waals surface area contributed by atoms with Crippen LogP contribution in [0, 0.1) is 13.8 Å². The van der Waals surface area contributed by atoms with Gasteiger partial charge in [0.25, 0.3) is 5.91 Å². The van der Waals surface area contributed by atoms with Gasteiger partial charge in [-0.05, 0) is 91.4 Å². The van der Waals surface area contributed by atoms with E-state index in [4.69, 9.17) is 9.15 Å². The molecule has 0 aliphatic heterocycles. The average molecular weight is 429 g/mol. The number of hydrogen-bond acceptors (Lipinski definition) is 4. The molecule has 0 aliphatic carbocycles. The van der Waals surface area contributed by atoms with Crippen molar-refractivity contribution in [3.8, 4) is 17.2 Å². The first kappa shape index (κ1) is 21.6. The number of hydrogen-bond donors (Lipinski definition) is 1. The van der Waals surface area contributed by atoms with Crippen LogP contribution in [-0.4, -0.2) is 17.5 Å². The van der Waals surface area contributed by atoms with Crippen molar-refractivity contribution in [3.05, 3.63) is 77.4 Å². The molecule has 1 heterocycles. The minimum absolute atomic E-state index is 0.0473. The first-order valence-corrected chi connectivity index (χ1v) is 10.9. The Bertz CT molecular complexity index is 1220. The van der Waals surface area contributed by atoms with E-state index in [0.29, 0.717) is 23.2 Å². The topological polar surface area (TPSA) is 64.4 Å². The SMILES string of the molecule is CC[C@H](C)c1ccc2oc(-c3ccc(NC(=O)COc4cc(C)cc(C)c4)cc3)nc2c1. The van der Waals surface area contributed by atoms with Crippen LogP contribution in [0.15, 0.2) is 65.1 Å². The summed E-state index contributed by atoms with van der Waals surface area (Å²) in [5.74, 6) is 1.54. The lowest BCUT2D eigenvalue weighted by molar-refractivity contribution is -0.118. The van der Waals surface area contributed by atoms with Crippen molar-refractivity contribution in [1.82, 2.24) is 4.98 Å². The third-order valence-electron chi connectivity index (χ3n) is 5.57. The second-order valence-electron chi connectivity index (χ2n) is 8.29. The minimum Gasteiger partial charge on any atom is -0.484 e. The highest BCUT2D eigenvalue weighted by atomic mass is 16.5. The number of aryl methyl sites for hydroxylation is 2. The van der Waals surface area contributed by atoms with Crippen LogP contribution in [-0.2, 0) is 4.79 Å². The van der Waals surface area contributed by atoms with Crippen LogP contribution in [0.4, 0.5) is 5.69 Å². The second-order valence-corrected chi connectivity index (χ2v) is 8.29. The number of benzene rings is 3. The number of nitrogens with zero attached hydrogens (tertiary/aromatic N) is 1. The fourth-order valence-corrected chi connectivity index (χ4v) is 3.67. The number of oxazole rings is 1. The lowest BCUT2D eigenvalue weighted by Gasteiger charge is -2.09. The number of fused-ring (bicyclic) bond motifs is 1. The summed E-state index contributed by atoms with van der Waals surface area (Å²) in [6.07, 6.45) is 1.08. The Kier molecular flexibility index (Phi) is 6.26. The first-order valence-electron chi connectivity index (χ1n) is 10.9. The molecule has 0 saturated carbocycles. The third-order valence-corrected chi connectivity index (χ3v) is 5.57. The van der Waals surface area contributed by atoms with Crippen LogP contribution >= 0.6 is 0 Å². The van der Waals surface area contributed by atoms with Gasteiger partial charge in [-0.25, -0.2) is 4.98 Å². The minimum atomic E-state index is -0.212. The molecule has 1 atom stereocenters. The zero-order chi connectivity index (χ0) is 22.7. The van der Waals surface area contributed by atoms with Crippen molar-refractivity contribution < 1.29 is 13.9 Å². The monoisotopic (exact) mass is 428 g/mol. The average Bonchev–Trinajstić information content (AvgIpc) is 3.20. The highest BCUT2D eigenvalue weighted by molar-refractivity contribution is 5.92. The van der Waals surface area contributed by atoms with E-state index in [2.05, 4.69) is 42.3 Å². The van der Waals surface area contributed by atoms with E-state index in [1.165, 1.54) is 5.56 Å². The highest BCUT2D eigenvalue weighted by Gasteiger charge is 2.11. The van der Waals surface area contributed by atoms with Crippen LogP contribution in [0.25, 0.3) is 22.6 Å². The fourth-order valence-electron chi connectivity index (χ4n) is 3.67. The summed E-state index contributed by atoms with van der Waals surface area (Å²) in [4.78, 5) is 16.9. The molecule has 32 heavy (non-hydrogen) atoms. The van der Waals surface area contributed by atoms with Gasteiger partial charge < -0.3 is 14.5 Å². The number of anilines is 1. The van der Waals surface area contributed by atoms with Crippen LogP contribution in [0.5, 0.6) is 5.75 Å². The molecule has 0 unspecified atom stereocenters. The number of aromatic nitrogens is 1. The molecule has 1 N–H and O–H groups in total. The molecule has 3 aromatic carbocycles. The molecule has 0 aliphatic rings. The van der Waals surface area contributed by atoms with Crippen molar-refractivity contribution in [2.45, 2.75) is 40.0 Å². The van der Waals surface area contributed by atoms with Gasteiger partial charge in [-0.1, -0.05) is 26.0 Å². The molecule has 0 saturated heterocycles. The Morgan fingerprint density at radius 2 is 1.75 bits per heavy atom. The number of carbonyl (C=O) groups is 1. The molecule has 5 heteroatoms. The molecule has 5 nitrogen and oxygen atoms in total. The summed E-state index contributed by atoms with van der Waals surface area (Å²) in [5, 5.41) is 2.86. The molecule has 1 aromatic heterocycles. The van der Waals surface area contributed by atoms with Crippen molar-refractivity contribution in [2.24, 2.45) is 0 Å². The summed E-state index contributed by atoms with van der Waals surface area (Å²) in [6.45, 7) is 8.35. The van der Waals surface area contributed by atoms with Crippen LogP contribution in [0.1, 0.15) is 42.9 Å². The maximum absolute atomic E-state index is 12.3. The van der Waals surface area contributed by atoms with E-state index in [-0.39, 0.29) is 12.5 Å². The quantitative estimate of drug-likeness (QED) is 0.358. The molecule has 0 fully saturated rings. The van der Waals surface area contributed by atoms with Gasteiger partial charge in [-0.15, -0.1) is 0 Å². The molecule has 4 aromatic rings. The van der Waals surface area contributed by atoms with Crippen LogP contribution < -0.4 is 10.1 Å². The number of ether oxygens (including phenoxy) is 1. The fraction of sp³-hybridized carbons (Fsp3) is 0.259. The lowest BCUT2D eigenvalue weighted by Crippen LogP contribution is -2.20. The van der Waals surface area contributed by atoms with E-state index in [0.717, 1.165) is 34.2 Å². The Morgan fingerprint density at radius 1 is 1.03 bits per heavy atom. The van der Waals surface area contributed by atoms with E-state index in [9.17, 15) is 4.79 Å². The summed E-state index contributed by atoms with van der Waals surface area (Å²) in [5.41, 5.74) is 6.65. The molecule has 1 amide bonds. The summed E-state index contributed by atoms with van der Waals surface area (Å²) >= 11 is 0. The number of rotatable bonds is 7. The van der Waals surface area contributed by atoms with Gasteiger partial charge in [-0.2, -0.15) is 0 Å². The zero-order valence-corrected chi connectivity index (χ0v) is 18.9. The number of nitrogens with one attached hydrogen (secondary N) is 1. The molecular weight excluding hydrogens is 400 g/mol. The summed E-state index contributed by atoms with van der Waals surface area (Å²) < 4.78 is 11.6. The lowest BCUT2D eigenvalue weighted by atomic mass is 9.98. The van der Waals surface area contributed by atoms with Crippen molar-refractivity contribution >= 4 is 22.7 Å². The second kappa shape index (κ2) is 9.27. The van der Waals surface area contributed by atoms with Gasteiger partial charge in [-0.3, -0.25) is 4.79 Å². The number of carbonyl (C=O) groups excluding carboxylic acids is 1. The maximum Gasteiger partial charge on any atom is 0.262 e. The van der Waals surface area contributed by atoms with E-state index in [1.54, 1.807) is 0 Å². The summed E-state index contributed by atoms with van der Waals surface area (Å²) in [7, 11) is 0. The summed E-state index contributed by atoms with van der Waals surface area (Å²) in [6, 6.07) is 19.5.